The lowest BCUT2D eigenvalue weighted by Crippen LogP contribution is -2.22. The molecule has 0 aliphatic carbocycles. The average molecular weight is 385 g/mol. The van der Waals surface area contributed by atoms with Gasteiger partial charge >= 0.3 is 0 Å². The van der Waals surface area contributed by atoms with E-state index in [1.807, 2.05) is 11.3 Å². The van der Waals surface area contributed by atoms with Crippen molar-refractivity contribution in [2.45, 2.75) is 33.7 Å². The molecule has 1 aromatic carbocycles. The van der Waals surface area contributed by atoms with Crippen LogP contribution in [0.1, 0.15) is 39.4 Å². The van der Waals surface area contributed by atoms with Gasteiger partial charge in [-0.2, -0.15) is 0 Å². The maximum absolute atomic E-state index is 3.64. The molecular formula is C16H20INS. The van der Waals surface area contributed by atoms with Crippen LogP contribution < -0.4 is 5.32 Å². The molecule has 0 bridgehead atoms. The van der Waals surface area contributed by atoms with Gasteiger partial charge in [0.1, 0.15) is 0 Å². The first-order chi connectivity index (χ1) is 9.04. The van der Waals surface area contributed by atoms with Crippen LogP contribution in [0.15, 0.2) is 24.3 Å². The number of aryl methyl sites for hydroxylation is 3. The lowest BCUT2D eigenvalue weighted by Gasteiger charge is -2.20. The Morgan fingerprint density at radius 1 is 1.21 bits per heavy atom. The Balaban J connectivity index is 2.51. The van der Waals surface area contributed by atoms with E-state index in [1.165, 1.54) is 30.0 Å². The molecule has 1 heterocycles. The minimum absolute atomic E-state index is 0.315. The van der Waals surface area contributed by atoms with Gasteiger partial charge < -0.3 is 5.32 Å². The summed E-state index contributed by atoms with van der Waals surface area (Å²) < 4.78 is 1.37. The summed E-state index contributed by atoms with van der Waals surface area (Å²) >= 11 is 4.38. The molecule has 2 aromatic rings. The van der Waals surface area contributed by atoms with Crippen molar-refractivity contribution in [2.24, 2.45) is 0 Å². The van der Waals surface area contributed by atoms with Crippen molar-refractivity contribution in [1.29, 1.82) is 0 Å². The van der Waals surface area contributed by atoms with Crippen LogP contribution in [0.3, 0.4) is 0 Å². The summed E-state index contributed by atoms with van der Waals surface area (Å²) in [5.41, 5.74) is 4.14. The predicted octanol–water partition coefficient (Wildman–Crippen LogP) is 4.98. The summed E-state index contributed by atoms with van der Waals surface area (Å²) in [6.45, 7) is 9.73. The quantitative estimate of drug-likeness (QED) is 0.733. The Morgan fingerprint density at radius 3 is 2.53 bits per heavy atom. The fourth-order valence-electron chi connectivity index (χ4n) is 2.39. The number of thiophene rings is 1. The molecule has 0 amide bonds. The standard InChI is InChI=1S/C16H20INS/c1-5-18-15(16-11(3)9-12(4)19-16)13-8-6-7-10(2)14(13)17/h6-9,15,18H,5H2,1-4H3. The molecular weight excluding hydrogens is 365 g/mol. The zero-order chi connectivity index (χ0) is 14.0. The lowest BCUT2D eigenvalue weighted by atomic mass is 10.0. The molecule has 19 heavy (non-hydrogen) atoms. The third-order valence-electron chi connectivity index (χ3n) is 3.28. The van der Waals surface area contributed by atoms with E-state index in [-0.39, 0.29) is 0 Å². The molecule has 0 fully saturated rings. The molecule has 1 unspecified atom stereocenters. The van der Waals surface area contributed by atoms with Gasteiger partial charge in [0.2, 0.25) is 0 Å². The van der Waals surface area contributed by atoms with Crippen molar-refractivity contribution >= 4 is 33.9 Å². The first-order valence-corrected chi connectivity index (χ1v) is 8.49. The second-order valence-corrected chi connectivity index (χ2v) is 7.24. The molecule has 0 radical (unpaired) electrons. The predicted molar refractivity (Wildman–Crippen MR) is 93.2 cm³/mol. The largest absolute Gasteiger partial charge is 0.306 e. The van der Waals surface area contributed by atoms with Gasteiger partial charge in [0.05, 0.1) is 6.04 Å². The van der Waals surface area contributed by atoms with Crippen molar-refractivity contribution in [2.75, 3.05) is 6.54 Å². The Bertz CT molecular complexity index is 574. The van der Waals surface area contributed by atoms with Gasteiger partial charge in [-0.15, -0.1) is 11.3 Å². The molecule has 0 aliphatic rings. The van der Waals surface area contributed by atoms with Crippen molar-refractivity contribution < 1.29 is 0 Å². The van der Waals surface area contributed by atoms with Crippen LogP contribution in [0.4, 0.5) is 0 Å². The van der Waals surface area contributed by atoms with Crippen LogP contribution in [-0.4, -0.2) is 6.54 Å². The molecule has 0 saturated heterocycles. The number of benzene rings is 1. The average Bonchev–Trinajstić information content (AvgIpc) is 2.69. The Kier molecular flexibility index (Phi) is 5.03. The Morgan fingerprint density at radius 2 is 1.95 bits per heavy atom. The van der Waals surface area contributed by atoms with E-state index in [0.717, 1.165) is 6.54 Å². The first kappa shape index (κ1) is 15.0. The molecule has 0 aliphatic heterocycles. The summed E-state index contributed by atoms with van der Waals surface area (Å²) in [6.07, 6.45) is 0. The number of hydrogen-bond acceptors (Lipinski definition) is 2. The van der Waals surface area contributed by atoms with E-state index >= 15 is 0 Å². The van der Waals surface area contributed by atoms with E-state index in [4.69, 9.17) is 0 Å². The molecule has 2 rings (SSSR count). The maximum atomic E-state index is 3.64. The van der Waals surface area contributed by atoms with Crippen LogP contribution >= 0.6 is 33.9 Å². The highest BCUT2D eigenvalue weighted by molar-refractivity contribution is 14.1. The molecule has 1 N–H and O–H groups in total. The summed E-state index contributed by atoms with van der Waals surface area (Å²) in [6, 6.07) is 9.19. The summed E-state index contributed by atoms with van der Waals surface area (Å²) in [4.78, 5) is 2.83. The minimum Gasteiger partial charge on any atom is -0.306 e. The van der Waals surface area contributed by atoms with Crippen molar-refractivity contribution in [3.05, 3.63) is 54.3 Å². The monoisotopic (exact) mass is 385 g/mol. The number of halogens is 1. The normalized spacial score (nSPS) is 12.7. The maximum Gasteiger partial charge on any atom is 0.0684 e. The van der Waals surface area contributed by atoms with E-state index in [2.05, 4.69) is 79.9 Å². The van der Waals surface area contributed by atoms with Gasteiger partial charge in [0.25, 0.3) is 0 Å². The topological polar surface area (TPSA) is 12.0 Å². The fourth-order valence-corrected chi connectivity index (χ4v) is 4.19. The SMILES string of the molecule is CCNC(c1cccc(C)c1I)c1sc(C)cc1C. The Hall–Kier alpha value is -0.390. The lowest BCUT2D eigenvalue weighted by molar-refractivity contribution is 0.634. The third-order valence-corrected chi connectivity index (χ3v) is 5.97. The van der Waals surface area contributed by atoms with Crippen LogP contribution in [0, 0.1) is 24.3 Å². The zero-order valence-corrected chi connectivity index (χ0v) is 14.9. The van der Waals surface area contributed by atoms with E-state index in [1.54, 1.807) is 0 Å². The van der Waals surface area contributed by atoms with Gasteiger partial charge in [0, 0.05) is 13.3 Å². The van der Waals surface area contributed by atoms with Crippen molar-refractivity contribution in [3.63, 3.8) is 0 Å². The second-order valence-electron chi connectivity index (χ2n) is 4.87. The third kappa shape index (κ3) is 3.20. The summed E-state index contributed by atoms with van der Waals surface area (Å²) in [7, 11) is 0. The molecule has 3 heteroatoms. The molecule has 1 atom stereocenters. The summed E-state index contributed by atoms with van der Waals surface area (Å²) in [5.74, 6) is 0. The van der Waals surface area contributed by atoms with Gasteiger partial charge in [-0.3, -0.25) is 0 Å². The van der Waals surface area contributed by atoms with Gasteiger partial charge in [0.15, 0.2) is 0 Å². The number of hydrogen-bond donors (Lipinski definition) is 1. The highest BCUT2D eigenvalue weighted by Gasteiger charge is 2.20. The van der Waals surface area contributed by atoms with Crippen LogP contribution in [-0.2, 0) is 0 Å². The summed E-state index contributed by atoms with van der Waals surface area (Å²) in [5, 5.41) is 3.64. The highest BCUT2D eigenvalue weighted by Crippen LogP contribution is 2.34. The molecule has 102 valence electrons. The van der Waals surface area contributed by atoms with Gasteiger partial charge in [-0.25, -0.2) is 0 Å². The molecule has 0 spiro atoms. The van der Waals surface area contributed by atoms with Crippen molar-refractivity contribution in [1.82, 2.24) is 5.32 Å². The van der Waals surface area contributed by atoms with Crippen LogP contribution in [0.5, 0.6) is 0 Å². The van der Waals surface area contributed by atoms with Crippen LogP contribution in [0.2, 0.25) is 0 Å². The van der Waals surface area contributed by atoms with E-state index < -0.39 is 0 Å². The highest BCUT2D eigenvalue weighted by atomic mass is 127. The van der Waals surface area contributed by atoms with E-state index in [0.29, 0.717) is 6.04 Å². The smallest absolute Gasteiger partial charge is 0.0684 e. The fraction of sp³-hybridized carbons (Fsp3) is 0.375. The Labute approximate surface area is 133 Å². The zero-order valence-electron chi connectivity index (χ0n) is 11.9. The molecule has 1 aromatic heterocycles. The number of rotatable bonds is 4. The first-order valence-electron chi connectivity index (χ1n) is 6.60. The molecule has 0 saturated carbocycles. The van der Waals surface area contributed by atoms with E-state index in [9.17, 15) is 0 Å². The number of nitrogens with one attached hydrogen (secondary N) is 1. The minimum atomic E-state index is 0.315. The van der Waals surface area contributed by atoms with Gasteiger partial charge in [-0.1, -0.05) is 25.1 Å². The van der Waals surface area contributed by atoms with Crippen molar-refractivity contribution in [3.8, 4) is 0 Å². The molecule has 1 nitrogen and oxygen atoms in total. The second kappa shape index (κ2) is 6.37. The van der Waals surface area contributed by atoms with Gasteiger partial charge in [-0.05, 0) is 72.7 Å². The van der Waals surface area contributed by atoms with Crippen LogP contribution in [0.25, 0.3) is 0 Å².